The number of hydrogen-bond donors (Lipinski definition) is 2. The fourth-order valence-corrected chi connectivity index (χ4v) is 2.95. The Bertz CT molecular complexity index is 905. The Kier molecular flexibility index (Phi) is 5.42. The summed E-state index contributed by atoms with van der Waals surface area (Å²) in [6.07, 6.45) is 4.52. The van der Waals surface area contributed by atoms with E-state index in [9.17, 15) is 9.59 Å². The second kappa shape index (κ2) is 7.91. The maximum Gasteiger partial charge on any atom is 0.274 e. The number of carbonyl (C=O) groups is 2. The first-order valence-electron chi connectivity index (χ1n) is 7.15. The number of nitrogens with zero attached hydrogens (tertiary/aromatic N) is 1. The first kappa shape index (κ1) is 17.1. The molecule has 2 N–H and O–H groups in total. The van der Waals surface area contributed by atoms with E-state index in [-0.39, 0.29) is 5.70 Å². The van der Waals surface area contributed by atoms with Gasteiger partial charge in [-0.2, -0.15) is 0 Å². The molecule has 0 saturated carbocycles. The Morgan fingerprint density at radius 2 is 2.04 bits per heavy atom. The summed E-state index contributed by atoms with van der Waals surface area (Å²) in [5.41, 5.74) is 0.459. The molecule has 0 aliphatic carbocycles. The van der Waals surface area contributed by atoms with Crippen molar-refractivity contribution in [2.75, 3.05) is 5.32 Å². The molecule has 0 bridgehead atoms. The maximum atomic E-state index is 12.5. The molecule has 3 aromatic rings. The molecule has 2 heterocycles. The Morgan fingerprint density at radius 3 is 2.72 bits per heavy atom. The number of nitrogens with one attached hydrogen (secondary N) is 2. The van der Waals surface area contributed by atoms with Gasteiger partial charge in [-0.1, -0.05) is 12.1 Å². The van der Waals surface area contributed by atoms with E-state index in [0.29, 0.717) is 20.9 Å². The van der Waals surface area contributed by atoms with Gasteiger partial charge in [-0.15, -0.1) is 11.3 Å². The lowest BCUT2D eigenvalue weighted by Crippen LogP contribution is -2.30. The van der Waals surface area contributed by atoms with Crippen molar-refractivity contribution >= 4 is 50.3 Å². The standard InChI is InChI=1S/C17H12BrN3O3S/c18-13-6-2-1-5-12(13)15(22)20-14(10-11-4-3-8-24-11)16(23)21-17-19-7-9-25-17/h1-10H,(H,20,22)(H,19,21,23)/b14-10-. The second-order valence-corrected chi connectivity index (χ2v) is 6.55. The number of amides is 2. The van der Waals surface area contributed by atoms with Crippen LogP contribution in [0.15, 0.2) is 68.8 Å². The smallest absolute Gasteiger partial charge is 0.274 e. The van der Waals surface area contributed by atoms with Gasteiger partial charge in [0.05, 0.1) is 11.8 Å². The SMILES string of the molecule is O=C(Nc1nccs1)/C(=C/c1ccco1)NC(=O)c1ccccc1Br. The normalized spacial score (nSPS) is 11.2. The number of carbonyl (C=O) groups excluding carboxylic acids is 2. The molecule has 2 aromatic heterocycles. The van der Waals surface area contributed by atoms with Gasteiger partial charge in [0.15, 0.2) is 5.13 Å². The largest absolute Gasteiger partial charge is 0.465 e. The molecule has 8 heteroatoms. The van der Waals surface area contributed by atoms with Crippen molar-refractivity contribution in [3.8, 4) is 0 Å². The zero-order valence-corrected chi connectivity index (χ0v) is 15.1. The molecule has 0 spiro atoms. The molecule has 1 aromatic carbocycles. The topological polar surface area (TPSA) is 84.2 Å². The van der Waals surface area contributed by atoms with Crippen LogP contribution in [0.25, 0.3) is 6.08 Å². The fraction of sp³-hybridized carbons (Fsp3) is 0. The molecule has 126 valence electrons. The Labute approximate surface area is 155 Å². The highest BCUT2D eigenvalue weighted by atomic mass is 79.9. The summed E-state index contributed by atoms with van der Waals surface area (Å²) in [6, 6.07) is 10.3. The van der Waals surface area contributed by atoms with Gasteiger partial charge in [0, 0.05) is 22.1 Å². The number of hydrogen-bond acceptors (Lipinski definition) is 5. The fourth-order valence-electron chi connectivity index (χ4n) is 1.96. The Hall–Kier alpha value is -2.71. The summed E-state index contributed by atoms with van der Waals surface area (Å²) in [6.45, 7) is 0. The summed E-state index contributed by atoms with van der Waals surface area (Å²) in [5.74, 6) is -0.469. The molecule has 0 radical (unpaired) electrons. The quantitative estimate of drug-likeness (QED) is 0.616. The monoisotopic (exact) mass is 417 g/mol. The molecule has 0 aliphatic heterocycles. The molecular formula is C17H12BrN3O3S. The van der Waals surface area contributed by atoms with E-state index in [1.165, 1.54) is 23.7 Å². The van der Waals surface area contributed by atoms with Gasteiger partial charge >= 0.3 is 0 Å². The van der Waals surface area contributed by atoms with Crippen LogP contribution >= 0.6 is 27.3 Å². The van der Waals surface area contributed by atoms with E-state index >= 15 is 0 Å². The predicted molar refractivity (Wildman–Crippen MR) is 99.0 cm³/mol. The minimum atomic E-state index is -0.494. The summed E-state index contributed by atoms with van der Waals surface area (Å²) in [4.78, 5) is 29.0. The van der Waals surface area contributed by atoms with Crippen LogP contribution in [0.4, 0.5) is 5.13 Å². The number of thiazole rings is 1. The van der Waals surface area contributed by atoms with Gasteiger partial charge in [0.2, 0.25) is 0 Å². The van der Waals surface area contributed by atoms with Crippen LogP contribution in [-0.4, -0.2) is 16.8 Å². The lowest BCUT2D eigenvalue weighted by atomic mass is 10.2. The van der Waals surface area contributed by atoms with Crippen LogP contribution < -0.4 is 10.6 Å². The highest BCUT2D eigenvalue weighted by Crippen LogP contribution is 2.17. The molecule has 0 fully saturated rings. The van der Waals surface area contributed by atoms with Crippen LogP contribution in [0.1, 0.15) is 16.1 Å². The van der Waals surface area contributed by atoms with Crippen molar-refractivity contribution in [2.45, 2.75) is 0 Å². The lowest BCUT2D eigenvalue weighted by Gasteiger charge is -2.10. The second-order valence-electron chi connectivity index (χ2n) is 4.80. The zero-order valence-electron chi connectivity index (χ0n) is 12.7. The van der Waals surface area contributed by atoms with Crippen molar-refractivity contribution in [3.63, 3.8) is 0 Å². The third-order valence-corrected chi connectivity index (χ3v) is 4.47. The van der Waals surface area contributed by atoms with E-state index in [0.717, 1.165) is 0 Å². The van der Waals surface area contributed by atoms with E-state index in [4.69, 9.17) is 4.42 Å². The Balaban J connectivity index is 1.85. The van der Waals surface area contributed by atoms with Crippen molar-refractivity contribution in [1.29, 1.82) is 0 Å². The van der Waals surface area contributed by atoms with Crippen molar-refractivity contribution in [1.82, 2.24) is 10.3 Å². The molecule has 0 unspecified atom stereocenters. The van der Waals surface area contributed by atoms with Crippen LogP contribution in [-0.2, 0) is 4.79 Å². The van der Waals surface area contributed by atoms with Crippen LogP contribution in [0.5, 0.6) is 0 Å². The molecular weight excluding hydrogens is 406 g/mol. The highest BCUT2D eigenvalue weighted by molar-refractivity contribution is 9.10. The molecule has 0 saturated heterocycles. The van der Waals surface area contributed by atoms with Gasteiger partial charge in [0.25, 0.3) is 11.8 Å². The first-order chi connectivity index (χ1) is 12.1. The number of anilines is 1. The Morgan fingerprint density at radius 1 is 1.20 bits per heavy atom. The molecule has 25 heavy (non-hydrogen) atoms. The lowest BCUT2D eigenvalue weighted by molar-refractivity contribution is -0.113. The number of rotatable bonds is 5. The van der Waals surface area contributed by atoms with Crippen LogP contribution in [0.2, 0.25) is 0 Å². The van der Waals surface area contributed by atoms with Gasteiger partial charge in [0.1, 0.15) is 11.5 Å². The molecule has 2 amide bonds. The number of benzene rings is 1. The van der Waals surface area contributed by atoms with E-state index in [2.05, 4.69) is 31.5 Å². The summed E-state index contributed by atoms with van der Waals surface area (Å²) >= 11 is 4.61. The average Bonchev–Trinajstić information content (AvgIpc) is 3.28. The van der Waals surface area contributed by atoms with Crippen molar-refractivity contribution in [3.05, 3.63) is 75.7 Å². The third-order valence-electron chi connectivity index (χ3n) is 3.09. The minimum Gasteiger partial charge on any atom is -0.465 e. The zero-order chi connectivity index (χ0) is 17.6. The van der Waals surface area contributed by atoms with Crippen molar-refractivity contribution in [2.24, 2.45) is 0 Å². The molecule has 3 rings (SSSR count). The van der Waals surface area contributed by atoms with Crippen LogP contribution in [0.3, 0.4) is 0 Å². The number of furan rings is 1. The van der Waals surface area contributed by atoms with Crippen molar-refractivity contribution < 1.29 is 14.0 Å². The third kappa shape index (κ3) is 4.43. The van der Waals surface area contributed by atoms with Crippen LogP contribution in [0, 0.1) is 0 Å². The maximum absolute atomic E-state index is 12.5. The number of aromatic nitrogens is 1. The van der Waals surface area contributed by atoms with Gasteiger partial charge < -0.3 is 9.73 Å². The van der Waals surface area contributed by atoms with Gasteiger partial charge in [-0.05, 0) is 40.2 Å². The van der Waals surface area contributed by atoms with Gasteiger partial charge in [-0.25, -0.2) is 4.98 Å². The van der Waals surface area contributed by atoms with Gasteiger partial charge in [-0.3, -0.25) is 14.9 Å². The van der Waals surface area contributed by atoms with E-state index in [1.54, 1.807) is 48.0 Å². The molecule has 6 nitrogen and oxygen atoms in total. The summed E-state index contributed by atoms with van der Waals surface area (Å²) < 4.78 is 5.86. The highest BCUT2D eigenvalue weighted by Gasteiger charge is 2.17. The minimum absolute atomic E-state index is 0.0471. The predicted octanol–water partition coefficient (Wildman–Crippen LogP) is 3.91. The average molecular weight is 418 g/mol. The molecule has 0 aliphatic rings. The first-order valence-corrected chi connectivity index (χ1v) is 8.82. The van der Waals surface area contributed by atoms with E-state index < -0.39 is 11.8 Å². The molecule has 0 atom stereocenters. The van der Waals surface area contributed by atoms with E-state index in [1.807, 2.05) is 0 Å². The summed E-state index contributed by atoms with van der Waals surface area (Å²) in [5, 5.41) is 7.44. The summed E-state index contributed by atoms with van der Waals surface area (Å²) in [7, 11) is 0. The number of halogens is 1.